The van der Waals surface area contributed by atoms with Crippen LogP contribution in [-0.2, 0) is 4.79 Å². The van der Waals surface area contributed by atoms with Crippen LogP contribution in [0.3, 0.4) is 0 Å². The number of ether oxygens (including phenoxy) is 1. The molecule has 1 N–H and O–H groups in total. The van der Waals surface area contributed by atoms with Gasteiger partial charge in [0.1, 0.15) is 11.6 Å². The Morgan fingerprint density at radius 2 is 2.00 bits per heavy atom. The molecule has 132 valence electrons. The predicted octanol–water partition coefficient (Wildman–Crippen LogP) is 3.39. The average Bonchev–Trinajstić information content (AvgIpc) is 2.66. The molecule has 2 rings (SSSR count). The highest BCUT2D eigenvalue weighted by atomic mass is 16.6. The Hall–Kier alpha value is -3.66. The molecule has 2 aromatic carbocycles. The third-order valence-electron chi connectivity index (χ3n) is 3.72. The van der Waals surface area contributed by atoms with Gasteiger partial charge in [0.25, 0.3) is 5.91 Å². The lowest BCUT2D eigenvalue weighted by Crippen LogP contribution is -2.27. The Morgan fingerprint density at radius 3 is 2.58 bits per heavy atom. The molecule has 2 aromatic rings. The van der Waals surface area contributed by atoms with Crippen LogP contribution in [0.25, 0.3) is 6.08 Å². The third-order valence-corrected chi connectivity index (χ3v) is 3.72. The number of nitriles is 1. The summed E-state index contributed by atoms with van der Waals surface area (Å²) in [6.45, 7) is 1.81. The van der Waals surface area contributed by atoms with Crippen LogP contribution in [0.15, 0.2) is 54.1 Å². The quantitative estimate of drug-likeness (QED) is 0.372. The van der Waals surface area contributed by atoms with E-state index >= 15 is 0 Å². The molecule has 26 heavy (non-hydrogen) atoms. The van der Waals surface area contributed by atoms with Gasteiger partial charge in [-0.15, -0.1) is 0 Å². The Morgan fingerprint density at radius 1 is 1.31 bits per heavy atom. The third kappa shape index (κ3) is 4.45. The standard InChI is InChI=1S/C19H17N3O4/c1-13(15-6-4-3-5-7-15)21-19(23)16(12-20)10-14-8-9-18(26-2)17(11-14)22(24)25/h3-11,13H,1-2H3,(H,21,23)/b16-10-/t13-/m0/s1. The minimum Gasteiger partial charge on any atom is -0.490 e. The second kappa shape index (κ2) is 8.44. The summed E-state index contributed by atoms with van der Waals surface area (Å²) in [6.07, 6.45) is 1.31. The first-order chi connectivity index (χ1) is 12.5. The molecule has 0 aliphatic rings. The maximum Gasteiger partial charge on any atom is 0.311 e. The molecular weight excluding hydrogens is 334 g/mol. The van der Waals surface area contributed by atoms with E-state index < -0.39 is 10.8 Å². The van der Waals surface area contributed by atoms with Crippen molar-refractivity contribution in [3.8, 4) is 11.8 Å². The van der Waals surface area contributed by atoms with Crippen molar-refractivity contribution in [1.82, 2.24) is 5.32 Å². The summed E-state index contributed by atoms with van der Waals surface area (Å²) in [5.74, 6) is -0.449. The molecule has 0 saturated carbocycles. The highest BCUT2D eigenvalue weighted by Crippen LogP contribution is 2.28. The Kier molecular flexibility index (Phi) is 6.06. The average molecular weight is 351 g/mol. The Labute approximate surface area is 150 Å². The van der Waals surface area contributed by atoms with Crippen LogP contribution in [0, 0.1) is 21.4 Å². The van der Waals surface area contributed by atoms with Gasteiger partial charge >= 0.3 is 5.69 Å². The van der Waals surface area contributed by atoms with Crippen LogP contribution in [-0.4, -0.2) is 17.9 Å². The fraction of sp³-hybridized carbons (Fsp3) is 0.158. The summed E-state index contributed by atoms with van der Waals surface area (Å²) >= 11 is 0. The van der Waals surface area contributed by atoms with Crippen molar-refractivity contribution < 1.29 is 14.5 Å². The van der Waals surface area contributed by atoms with Gasteiger partial charge in [-0.05, 0) is 30.2 Å². The van der Waals surface area contributed by atoms with Crippen molar-refractivity contribution in [3.05, 3.63) is 75.3 Å². The van der Waals surface area contributed by atoms with Gasteiger partial charge in [0, 0.05) is 6.07 Å². The molecule has 0 heterocycles. The molecule has 7 heteroatoms. The highest BCUT2D eigenvalue weighted by molar-refractivity contribution is 6.01. The van der Waals surface area contributed by atoms with E-state index in [1.807, 2.05) is 36.4 Å². The maximum atomic E-state index is 12.3. The summed E-state index contributed by atoms with van der Waals surface area (Å²) in [7, 11) is 1.33. The molecule has 0 aromatic heterocycles. The lowest BCUT2D eigenvalue weighted by atomic mass is 10.1. The molecule has 0 fully saturated rings. The Balaban J connectivity index is 2.24. The zero-order chi connectivity index (χ0) is 19.1. The predicted molar refractivity (Wildman–Crippen MR) is 96.2 cm³/mol. The first-order valence-electron chi connectivity index (χ1n) is 7.76. The molecule has 0 bridgehead atoms. The van der Waals surface area contributed by atoms with Crippen LogP contribution in [0.5, 0.6) is 5.75 Å². The number of hydrogen-bond donors (Lipinski definition) is 1. The zero-order valence-electron chi connectivity index (χ0n) is 14.3. The van der Waals surface area contributed by atoms with E-state index in [9.17, 15) is 20.2 Å². The molecule has 7 nitrogen and oxygen atoms in total. The van der Waals surface area contributed by atoms with Crippen LogP contribution >= 0.6 is 0 Å². The number of amides is 1. The van der Waals surface area contributed by atoms with Gasteiger partial charge in [-0.2, -0.15) is 5.26 Å². The van der Waals surface area contributed by atoms with Crippen molar-refractivity contribution in [3.63, 3.8) is 0 Å². The molecule has 0 aliphatic heterocycles. The minimum atomic E-state index is -0.584. The van der Waals surface area contributed by atoms with Crippen molar-refractivity contribution in [2.45, 2.75) is 13.0 Å². The van der Waals surface area contributed by atoms with Crippen molar-refractivity contribution in [2.75, 3.05) is 7.11 Å². The molecule has 1 atom stereocenters. The van der Waals surface area contributed by atoms with Crippen molar-refractivity contribution in [2.24, 2.45) is 0 Å². The number of carbonyl (C=O) groups excluding carboxylic acids is 1. The van der Waals surface area contributed by atoms with Gasteiger partial charge in [-0.3, -0.25) is 14.9 Å². The number of nitrogens with one attached hydrogen (secondary N) is 1. The number of methoxy groups -OCH3 is 1. The fourth-order valence-corrected chi connectivity index (χ4v) is 2.35. The van der Waals surface area contributed by atoms with Crippen molar-refractivity contribution >= 4 is 17.7 Å². The number of nitro groups is 1. The molecule has 0 spiro atoms. The minimum absolute atomic E-state index is 0.104. The number of nitrogens with zero attached hydrogens (tertiary/aromatic N) is 2. The molecule has 0 aliphatic carbocycles. The van der Waals surface area contributed by atoms with Gasteiger partial charge in [0.15, 0.2) is 5.75 Å². The van der Waals surface area contributed by atoms with Gasteiger partial charge < -0.3 is 10.1 Å². The lowest BCUT2D eigenvalue weighted by Gasteiger charge is -2.13. The maximum absolute atomic E-state index is 12.3. The number of hydrogen-bond acceptors (Lipinski definition) is 5. The van der Waals surface area contributed by atoms with Crippen LogP contribution < -0.4 is 10.1 Å². The van der Waals surface area contributed by atoms with Gasteiger partial charge in [0.2, 0.25) is 0 Å². The number of rotatable bonds is 6. The van der Waals surface area contributed by atoms with E-state index in [0.29, 0.717) is 5.56 Å². The van der Waals surface area contributed by atoms with E-state index in [4.69, 9.17) is 4.74 Å². The smallest absolute Gasteiger partial charge is 0.311 e. The van der Waals surface area contributed by atoms with Crippen LogP contribution in [0.4, 0.5) is 5.69 Å². The fourth-order valence-electron chi connectivity index (χ4n) is 2.35. The SMILES string of the molecule is COc1ccc(/C=C(/C#N)C(=O)N[C@@H](C)c2ccccc2)cc1[N+](=O)[O-]. The topological polar surface area (TPSA) is 105 Å². The summed E-state index contributed by atoms with van der Waals surface area (Å²) in [6, 6.07) is 15.1. The van der Waals surface area contributed by atoms with Crippen LogP contribution in [0.2, 0.25) is 0 Å². The van der Waals surface area contributed by atoms with Crippen LogP contribution in [0.1, 0.15) is 24.1 Å². The van der Waals surface area contributed by atoms with Gasteiger partial charge in [-0.1, -0.05) is 36.4 Å². The van der Waals surface area contributed by atoms with Gasteiger partial charge in [0.05, 0.1) is 18.1 Å². The molecule has 1 amide bonds. The normalized spacial score (nSPS) is 12.0. The first-order valence-corrected chi connectivity index (χ1v) is 7.76. The zero-order valence-corrected chi connectivity index (χ0v) is 14.3. The lowest BCUT2D eigenvalue weighted by molar-refractivity contribution is -0.385. The largest absolute Gasteiger partial charge is 0.490 e. The van der Waals surface area contributed by atoms with E-state index in [1.165, 1.54) is 31.4 Å². The first kappa shape index (κ1) is 18.7. The monoisotopic (exact) mass is 351 g/mol. The summed E-state index contributed by atoms with van der Waals surface area (Å²) in [5, 5.41) is 23.1. The molecular formula is C19H17N3O4. The molecule has 0 unspecified atom stereocenters. The van der Waals surface area contributed by atoms with E-state index in [1.54, 1.807) is 6.92 Å². The molecule has 0 saturated heterocycles. The highest BCUT2D eigenvalue weighted by Gasteiger charge is 2.17. The second-order valence-electron chi connectivity index (χ2n) is 5.46. The number of nitro benzene ring substituents is 1. The summed E-state index contributed by atoms with van der Waals surface area (Å²) in [4.78, 5) is 22.8. The molecule has 0 radical (unpaired) electrons. The second-order valence-corrected chi connectivity index (χ2v) is 5.46. The Bertz CT molecular complexity index is 885. The summed E-state index contributed by atoms with van der Waals surface area (Å²) in [5.41, 5.74) is 0.874. The van der Waals surface area contributed by atoms with E-state index in [0.717, 1.165) is 5.56 Å². The van der Waals surface area contributed by atoms with Gasteiger partial charge in [-0.25, -0.2) is 0 Å². The summed E-state index contributed by atoms with van der Waals surface area (Å²) < 4.78 is 4.94. The number of carbonyl (C=O) groups is 1. The van der Waals surface area contributed by atoms with E-state index in [-0.39, 0.29) is 23.1 Å². The number of benzene rings is 2. The van der Waals surface area contributed by atoms with E-state index in [2.05, 4.69) is 5.32 Å². The van der Waals surface area contributed by atoms with Crippen molar-refractivity contribution in [1.29, 1.82) is 5.26 Å².